The first kappa shape index (κ1) is 22.2. The van der Waals surface area contributed by atoms with Gasteiger partial charge in [-0.3, -0.25) is 0 Å². The zero-order valence-corrected chi connectivity index (χ0v) is 18.6. The zero-order chi connectivity index (χ0) is 21.7. The fourth-order valence-corrected chi connectivity index (χ4v) is 3.90. The molecule has 30 heavy (non-hydrogen) atoms. The molecule has 0 unspecified atom stereocenters. The molecule has 0 aliphatic rings. The quantitative estimate of drug-likeness (QED) is 0.469. The maximum atomic E-state index is 11.2. The third-order valence-corrected chi connectivity index (χ3v) is 5.67. The maximum absolute atomic E-state index is 11.2. The Bertz CT molecular complexity index is 1010. The number of hydrogen-bond donors (Lipinski definition) is 0. The van der Waals surface area contributed by atoms with E-state index >= 15 is 0 Å². The predicted molar refractivity (Wildman–Crippen MR) is 116 cm³/mol. The Labute approximate surface area is 185 Å². The first-order valence-electron chi connectivity index (χ1n) is 9.62. The Morgan fingerprint density at radius 3 is 2.50 bits per heavy atom. The molecule has 0 saturated carbocycles. The summed E-state index contributed by atoms with van der Waals surface area (Å²) in [5.74, 6) is 0.226. The van der Waals surface area contributed by atoms with Crippen LogP contribution in [0.4, 0.5) is 0 Å². The Balaban J connectivity index is 1.89. The molecule has 0 aliphatic carbocycles. The van der Waals surface area contributed by atoms with Gasteiger partial charge in [-0.1, -0.05) is 59.8 Å². The summed E-state index contributed by atoms with van der Waals surface area (Å²) in [6.07, 6.45) is 0.537. The lowest BCUT2D eigenvalue weighted by Crippen LogP contribution is -2.31. The van der Waals surface area contributed by atoms with E-state index in [1.807, 2.05) is 66.9 Å². The molecule has 8 heteroatoms. The van der Waals surface area contributed by atoms with Gasteiger partial charge < -0.3 is 19.2 Å². The van der Waals surface area contributed by atoms with E-state index in [1.165, 1.54) is 0 Å². The SMILES string of the molecule is CC(C)Oc1ccc(Cc2nnc(S[C@@H](C)C(=O)[O-])n2Cc2ccccc2)cc1Cl. The van der Waals surface area contributed by atoms with Gasteiger partial charge in [0, 0.05) is 11.7 Å². The molecule has 6 nitrogen and oxygen atoms in total. The Hall–Kier alpha value is -2.51. The van der Waals surface area contributed by atoms with Crippen LogP contribution >= 0.6 is 23.4 Å². The highest BCUT2D eigenvalue weighted by Gasteiger charge is 2.17. The van der Waals surface area contributed by atoms with Gasteiger partial charge in [-0.05, 0) is 44.0 Å². The summed E-state index contributed by atoms with van der Waals surface area (Å²) in [5, 5.41) is 20.1. The average Bonchev–Trinajstić information content (AvgIpc) is 3.05. The van der Waals surface area contributed by atoms with E-state index in [9.17, 15) is 9.90 Å². The lowest BCUT2D eigenvalue weighted by Gasteiger charge is -2.15. The number of nitrogens with zero attached hydrogens (tertiary/aromatic N) is 3. The van der Waals surface area contributed by atoms with Gasteiger partial charge in [0.15, 0.2) is 5.16 Å². The number of rotatable bonds is 9. The maximum Gasteiger partial charge on any atom is 0.192 e. The zero-order valence-electron chi connectivity index (χ0n) is 17.0. The van der Waals surface area contributed by atoms with Gasteiger partial charge in [-0.25, -0.2) is 0 Å². The summed E-state index contributed by atoms with van der Waals surface area (Å²) < 4.78 is 7.63. The summed E-state index contributed by atoms with van der Waals surface area (Å²) in [6.45, 7) is 6.01. The number of ether oxygens (including phenoxy) is 1. The fraction of sp³-hybridized carbons (Fsp3) is 0.318. The van der Waals surface area contributed by atoms with Gasteiger partial charge in [0.05, 0.1) is 23.6 Å². The van der Waals surface area contributed by atoms with Crippen molar-refractivity contribution in [3.05, 3.63) is 70.5 Å². The number of aromatic nitrogens is 3. The number of carboxylic acids is 1. The minimum absolute atomic E-state index is 0.0348. The van der Waals surface area contributed by atoms with Crippen molar-refractivity contribution in [3.63, 3.8) is 0 Å². The number of hydrogen-bond acceptors (Lipinski definition) is 6. The van der Waals surface area contributed by atoms with Gasteiger partial charge in [-0.15, -0.1) is 10.2 Å². The number of thioether (sulfide) groups is 1. The standard InChI is InChI=1S/C22H24ClN3O3S/c1-14(2)29-19-10-9-17(11-18(19)23)12-20-24-25-22(30-15(3)21(27)28)26(20)13-16-7-5-4-6-8-16/h4-11,14-15H,12-13H2,1-3H3,(H,27,28)/p-1/t15-/m0/s1. The highest BCUT2D eigenvalue weighted by atomic mass is 35.5. The van der Waals surface area contributed by atoms with E-state index in [4.69, 9.17) is 16.3 Å². The number of benzene rings is 2. The van der Waals surface area contributed by atoms with E-state index in [2.05, 4.69) is 10.2 Å². The monoisotopic (exact) mass is 444 g/mol. The second-order valence-electron chi connectivity index (χ2n) is 7.16. The number of carbonyl (C=O) groups excluding carboxylic acids is 1. The van der Waals surface area contributed by atoms with E-state index in [0.29, 0.717) is 28.9 Å². The molecule has 0 amide bonds. The largest absolute Gasteiger partial charge is 0.549 e. The van der Waals surface area contributed by atoms with E-state index in [1.54, 1.807) is 6.92 Å². The summed E-state index contributed by atoms with van der Waals surface area (Å²) in [6, 6.07) is 15.5. The molecule has 0 fully saturated rings. The molecule has 0 radical (unpaired) electrons. The smallest absolute Gasteiger partial charge is 0.192 e. The van der Waals surface area contributed by atoms with Crippen LogP contribution in [0.25, 0.3) is 0 Å². The normalized spacial score (nSPS) is 12.2. The topological polar surface area (TPSA) is 80.1 Å². The van der Waals surface area contributed by atoms with Crippen molar-refractivity contribution < 1.29 is 14.6 Å². The summed E-state index contributed by atoms with van der Waals surface area (Å²) in [4.78, 5) is 11.2. The molecule has 1 aromatic heterocycles. The van der Waals surface area contributed by atoms with E-state index in [0.717, 1.165) is 28.7 Å². The summed E-state index contributed by atoms with van der Waals surface area (Å²) in [7, 11) is 0. The highest BCUT2D eigenvalue weighted by molar-refractivity contribution is 8.00. The van der Waals surface area contributed by atoms with Crippen LogP contribution in [0.5, 0.6) is 5.75 Å². The predicted octanol–water partition coefficient (Wildman–Crippen LogP) is 3.59. The number of carbonyl (C=O) groups is 1. The molecule has 0 spiro atoms. The van der Waals surface area contributed by atoms with Crippen molar-refractivity contribution in [3.8, 4) is 5.75 Å². The summed E-state index contributed by atoms with van der Waals surface area (Å²) >= 11 is 7.50. The van der Waals surface area contributed by atoms with Crippen LogP contribution in [0, 0.1) is 0 Å². The molecular formula is C22H23ClN3O3S-. The molecule has 0 aliphatic heterocycles. The summed E-state index contributed by atoms with van der Waals surface area (Å²) in [5.41, 5.74) is 2.03. The number of halogens is 1. The lowest BCUT2D eigenvalue weighted by atomic mass is 10.1. The molecule has 3 rings (SSSR count). The Morgan fingerprint density at radius 1 is 1.13 bits per heavy atom. The molecule has 158 valence electrons. The van der Waals surface area contributed by atoms with Crippen LogP contribution in [0.3, 0.4) is 0 Å². The van der Waals surface area contributed by atoms with Gasteiger partial charge in [0.2, 0.25) is 0 Å². The van der Waals surface area contributed by atoms with Crippen molar-refractivity contribution in [2.75, 3.05) is 0 Å². The molecule has 3 aromatic rings. The molecule has 0 N–H and O–H groups in total. The van der Waals surface area contributed by atoms with Crippen LogP contribution in [0.15, 0.2) is 53.7 Å². The van der Waals surface area contributed by atoms with E-state index in [-0.39, 0.29) is 6.10 Å². The first-order valence-corrected chi connectivity index (χ1v) is 10.9. The lowest BCUT2D eigenvalue weighted by molar-refractivity contribution is -0.304. The Morgan fingerprint density at radius 2 is 1.87 bits per heavy atom. The van der Waals surface area contributed by atoms with Crippen LogP contribution in [-0.2, 0) is 17.8 Å². The highest BCUT2D eigenvalue weighted by Crippen LogP contribution is 2.28. The van der Waals surface area contributed by atoms with Crippen LogP contribution in [0.1, 0.15) is 37.7 Å². The van der Waals surface area contributed by atoms with Gasteiger partial charge in [0.1, 0.15) is 11.6 Å². The second-order valence-corrected chi connectivity index (χ2v) is 8.87. The minimum atomic E-state index is -1.14. The molecule has 2 aromatic carbocycles. The molecular weight excluding hydrogens is 422 g/mol. The molecule has 0 bridgehead atoms. The minimum Gasteiger partial charge on any atom is -0.549 e. The van der Waals surface area contributed by atoms with E-state index < -0.39 is 11.2 Å². The average molecular weight is 445 g/mol. The first-order chi connectivity index (χ1) is 14.3. The van der Waals surface area contributed by atoms with Gasteiger partial charge >= 0.3 is 0 Å². The van der Waals surface area contributed by atoms with Crippen molar-refractivity contribution in [1.29, 1.82) is 0 Å². The molecule has 1 heterocycles. The third-order valence-electron chi connectivity index (χ3n) is 4.31. The number of carboxylic acid groups (broad SMARTS) is 1. The van der Waals surface area contributed by atoms with Crippen molar-refractivity contribution >= 4 is 29.3 Å². The van der Waals surface area contributed by atoms with Crippen molar-refractivity contribution in [2.45, 2.75) is 50.2 Å². The van der Waals surface area contributed by atoms with Gasteiger partial charge in [0.25, 0.3) is 0 Å². The second kappa shape index (κ2) is 10.00. The molecule has 0 saturated heterocycles. The van der Waals surface area contributed by atoms with Crippen LogP contribution < -0.4 is 9.84 Å². The number of aliphatic carboxylic acids is 1. The third kappa shape index (κ3) is 5.77. The van der Waals surface area contributed by atoms with Gasteiger partial charge in [-0.2, -0.15) is 0 Å². The Kier molecular flexibility index (Phi) is 7.39. The fourth-order valence-electron chi connectivity index (χ4n) is 2.85. The van der Waals surface area contributed by atoms with Crippen LogP contribution in [0.2, 0.25) is 5.02 Å². The van der Waals surface area contributed by atoms with Crippen molar-refractivity contribution in [2.24, 2.45) is 0 Å². The van der Waals surface area contributed by atoms with Crippen LogP contribution in [-0.4, -0.2) is 32.1 Å². The van der Waals surface area contributed by atoms with Crippen molar-refractivity contribution in [1.82, 2.24) is 14.8 Å². The molecule has 1 atom stereocenters.